The van der Waals surface area contributed by atoms with Crippen molar-refractivity contribution in [1.82, 2.24) is 5.32 Å². The molecule has 0 heterocycles. The average molecular weight is 174 g/mol. The molecule has 4 N–H and O–H groups in total. The second-order valence-electron chi connectivity index (χ2n) is 2.59. The van der Waals surface area contributed by atoms with Crippen molar-refractivity contribution in [2.75, 3.05) is 0 Å². The van der Waals surface area contributed by atoms with Crippen LogP contribution in [0.15, 0.2) is 0 Å². The zero-order valence-electron chi connectivity index (χ0n) is 7.20. The molecule has 0 aromatic heterocycles. The minimum Gasteiger partial charge on any atom is -0.480 e. The van der Waals surface area contributed by atoms with Crippen molar-refractivity contribution in [2.24, 2.45) is 5.73 Å². The summed E-state index contributed by atoms with van der Waals surface area (Å²) >= 11 is 0. The number of rotatable bonds is 5. The van der Waals surface area contributed by atoms with E-state index >= 15 is 0 Å². The molecule has 12 heavy (non-hydrogen) atoms. The van der Waals surface area contributed by atoms with E-state index in [1.807, 2.05) is 0 Å². The van der Waals surface area contributed by atoms with Crippen molar-refractivity contribution >= 4 is 11.9 Å². The minimum absolute atomic E-state index is 0.493. The van der Waals surface area contributed by atoms with Crippen molar-refractivity contribution in [3.8, 4) is 0 Å². The van der Waals surface area contributed by atoms with Gasteiger partial charge in [-0.05, 0) is 13.3 Å². The number of aliphatic carboxylic acids is 1. The number of carboxylic acid groups (broad SMARTS) is 1. The van der Waals surface area contributed by atoms with Crippen molar-refractivity contribution in [1.29, 1.82) is 0 Å². The van der Waals surface area contributed by atoms with Crippen LogP contribution in [0, 0.1) is 0 Å². The van der Waals surface area contributed by atoms with E-state index in [9.17, 15) is 9.59 Å². The number of nitrogens with one attached hydrogen (secondary N) is 1. The van der Waals surface area contributed by atoms with Gasteiger partial charge in [0.2, 0.25) is 5.91 Å². The topological polar surface area (TPSA) is 92.4 Å². The lowest BCUT2D eigenvalue weighted by molar-refractivity contribution is -0.139. The van der Waals surface area contributed by atoms with Gasteiger partial charge in [-0.1, -0.05) is 6.92 Å². The van der Waals surface area contributed by atoms with E-state index in [4.69, 9.17) is 10.8 Å². The highest BCUT2D eigenvalue weighted by Gasteiger charge is 2.18. The number of hydrogen-bond acceptors (Lipinski definition) is 3. The number of hydrogen-bond donors (Lipinski definition) is 3. The monoisotopic (exact) mass is 174 g/mol. The van der Waals surface area contributed by atoms with Crippen molar-refractivity contribution in [3.63, 3.8) is 0 Å². The Balaban J connectivity index is 4.02. The Bertz CT molecular complexity index is 181. The maximum Gasteiger partial charge on any atom is 0.320 e. The van der Waals surface area contributed by atoms with Crippen LogP contribution < -0.4 is 11.1 Å². The van der Waals surface area contributed by atoms with Gasteiger partial charge >= 0.3 is 5.97 Å². The van der Waals surface area contributed by atoms with Gasteiger partial charge in [-0.3, -0.25) is 14.9 Å². The lowest BCUT2D eigenvalue weighted by atomic mass is 10.2. The first-order chi connectivity index (χ1) is 5.49. The van der Waals surface area contributed by atoms with E-state index in [-0.39, 0.29) is 0 Å². The molecule has 0 rings (SSSR count). The van der Waals surface area contributed by atoms with Crippen LogP contribution in [0.1, 0.15) is 20.3 Å². The lowest BCUT2D eigenvalue weighted by Gasteiger charge is -2.15. The van der Waals surface area contributed by atoms with Gasteiger partial charge in [0.15, 0.2) is 0 Å². The van der Waals surface area contributed by atoms with Crippen LogP contribution in [0.5, 0.6) is 0 Å². The van der Waals surface area contributed by atoms with E-state index in [2.05, 4.69) is 5.32 Å². The Morgan fingerprint density at radius 3 is 2.33 bits per heavy atom. The highest BCUT2D eigenvalue weighted by molar-refractivity contribution is 5.81. The molecule has 2 unspecified atom stereocenters. The molecule has 0 aromatic rings. The second-order valence-corrected chi connectivity index (χ2v) is 2.59. The summed E-state index contributed by atoms with van der Waals surface area (Å²) < 4.78 is 0. The lowest BCUT2D eigenvalue weighted by Crippen LogP contribution is -2.47. The number of primary amides is 1. The molecule has 0 saturated heterocycles. The predicted octanol–water partition coefficient (Wildman–Crippen LogP) is -0.687. The van der Waals surface area contributed by atoms with Crippen molar-refractivity contribution in [3.05, 3.63) is 0 Å². The summed E-state index contributed by atoms with van der Waals surface area (Å²) in [5, 5.41) is 11.1. The molecule has 1 amide bonds. The summed E-state index contributed by atoms with van der Waals surface area (Å²) in [5.74, 6) is -1.51. The summed E-state index contributed by atoms with van der Waals surface area (Å²) in [7, 11) is 0. The van der Waals surface area contributed by atoms with Crippen LogP contribution in [0.2, 0.25) is 0 Å². The molecule has 0 fully saturated rings. The van der Waals surface area contributed by atoms with Crippen LogP contribution in [0.25, 0.3) is 0 Å². The Labute approximate surface area is 70.9 Å². The SMILES string of the molecule is CCC(NC(C)C(=O)O)C(N)=O. The molecule has 5 heteroatoms. The van der Waals surface area contributed by atoms with Crippen LogP contribution in [0.4, 0.5) is 0 Å². The highest BCUT2D eigenvalue weighted by atomic mass is 16.4. The van der Waals surface area contributed by atoms with E-state index in [0.717, 1.165) is 0 Å². The third kappa shape index (κ3) is 3.34. The number of nitrogens with two attached hydrogens (primary N) is 1. The molecular formula is C7H14N2O3. The van der Waals surface area contributed by atoms with E-state index in [1.165, 1.54) is 6.92 Å². The Kier molecular flexibility index (Phi) is 4.28. The summed E-state index contributed by atoms with van der Waals surface area (Å²) in [6, 6.07) is -1.31. The molecule has 0 bridgehead atoms. The van der Waals surface area contributed by atoms with Crippen LogP contribution in [-0.4, -0.2) is 29.1 Å². The highest BCUT2D eigenvalue weighted by Crippen LogP contribution is 1.92. The number of carbonyl (C=O) groups excluding carboxylic acids is 1. The third-order valence-corrected chi connectivity index (χ3v) is 1.57. The molecule has 0 radical (unpaired) electrons. The third-order valence-electron chi connectivity index (χ3n) is 1.57. The first-order valence-electron chi connectivity index (χ1n) is 3.77. The second kappa shape index (κ2) is 4.71. The van der Waals surface area contributed by atoms with Crippen LogP contribution >= 0.6 is 0 Å². The molecular weight excluding hydrogens is 160 g/mol. The molecule has 0 saturated carbocycles. The van der Waals surface area contributed by atoms with Gasteiger partial charge < -0.3 is 10.8 Å². The molecule has 70 valence electrons. The molecule has 0 aliphatic heterocycles. The van der Waals surface area contributed by atoms with Gasteiger partial charge in [0.1, 0.15) is 6.04 Å². The summed E-state index contributed by atoms with van der Waals surface area (Å²) in [6.45, 7) is 3.23. The largest absolute Gasteiger partial charge is 0.480 e. The average Bonchev–Trinajstić information content (AvgIpc) is 1.98. The quantitative estimate of drug-likeness (QED) is 0.514. The standard InChI is InChI=1S/C7H14N2O3/c1-3-5(6(8)10)9-4(2)7(11)12/h4-5,9H,3H2,1-2H3,(H2,8,10)(H,11,12). The summed E-state index contributed by atoms with van der Waals surface area (Å²) in [5.41, 5.74) is 5.00. The normalized spacial score (nSPS) is 15.2. The van der Waals surface area contributed by atoms with Gasteiger partial charge in [0.05, 0.1) is 6.04 Å². The van der Waals surface area contributed by atoms with E-state index in [1.54, 1.807) is 6.92 Å². The van der Waals surface area contributed by atoms with Crippen LogP contribution in [-0.2, 0) is 9.59 Å². The maximum absolute atomic E-state index is 10.7. The maximum atomic E-state index is 10.7. The van der Waals surface area contributed by atoms with Gasteiger partial charge in [-0.2, -0.15) is 0 Å². The van der Waals surface area contributed by atoms with Crippen LogP contribution in [0.3, 0.4) is 0 Å². The first-order valence-corrected chi connectivity index (χ1v) is 3.77. The number of amides is 1. The molecule has 5 nitrogen and oxygen atoms in total. The Morgan fingerprint density at radius 1 is 1.58 bits per heavy atom. The molecule has 0 spiro atoms. The zero-order chi connectivity index (χ0) is 9.72. The fourth-order valence-electron chi connectivity index (χ4n) is 0.774. The van der Waals surface area contributed by atoms with E-state index in [0.29, 0.717) is 6.42 Å². The van der Waals surface area contributed by atoms with Gasteiger partial charge in [0.25, 0.3) is 0 Å². The molecule has 0 aliphatic carbocycles. The van der Waals surface area contributed by atoms with E-state index < -0.39 is 24.0 Å². The van der Waals surface area contributed by atoms with Crippen molar-refractivity contribution in [2.45, 2.75) is 32.4 Å². The molecule has 2 atom stereocenters. The number of carbonyl (C=O) groups is 2. The van der Waals surface area contributed by atoms with Gasteiger partial charge in [-0.15, -0.1) is 0 Å². The Hall–Kier alpha value is -1.10. The van der Waals surface area contributed by atoms with Gasteiger partial charge in [0, 0.05) is 0 Å². The number of carboxylic acids is 1. The fourth-order valence-corrected chi connectivity index (χ4v) is 0.774. The Morgan fingerprint density at radius 2 is 2.08 bits per heavy atom. The minimum atomic E-state index is -0.991. The first kappa shape index (κ1) is 10.9. The van der Waals surface area contributed by atoms with Crippen molar-refractivity contribution < 1.29 is 14.7 Å². The fraction of sp³-hybridized carbons (Fsp3) is 0.714. The summed E-state index contributed by atoms with van der Waals surface area (Å²) in [4.78, 5) is 21.0. The summed E-state index contributed by atoms with van der Waals surface area (Å²) in [6.07, 6.45) is 0.493. The predicted molar refractivity (Wildman–Crippen MR) is 43.5 cm³/mol. The zero-order valence-corrected chi connectivity index (χ0v) is 7.20. The smallest absolute Gasteiger partial charge is 0.320 e. The van der Waals surface area contributed by atoms with Gasteiger partial charge in [-0.25, -0.2) is 0 Å². The molecule has 0 aromatic carbocycles. The molecule has 0 aliphatic rings.